The van der Waals surface area contributed by atoms with Crippen molar-refractivity contribution in [3.05, 3.63) is 29.8 Å². The monoisotopic (exact) mass is 272 g/mol. The number of carbonyl (C=O) groups is 1. The van der Waals surface area contributed by atoms with E-state index in [0.717, 1.165) is 5.56 Å². The average Bonchev–Trinajstić information content (AvgIpc) is 2.18. The molecule has 3 N–H and O–H groups in total. The van der Waals surface area contributed by atoms with E-state index >= 15 is 0 Å². The Morgan fingerprint density at radius 3 is 2.27 bits per heavy atom. The fourth-order valence-corrected chi connectivity index (χ4v) is 2.11. The molecule has 1 aromatic carbocycles. The van der Waals surface area contributed by atoms with Gasteiger partial charge in [-0.25, -0.2) is 0 Å². The summed E-state index contributed by atoms with van der Waals surface area (Å²) < 4.78 is 18.6. The second-order valence-electron chi connectivity index (χ2n) is 3.20. The van der Waals surface area contributed by atoms with E-state index in [1.165, 1.54) is 0 Å². The molecule has 0 unspecified atom stereocenters. The molecule has 0 aliphatic heterocycles. The molecule has 0 spiro atoms. The molecule has 1 rings (SSSR count). The summed E-state index contributed by atoms with van der Waals surface area (Å²) in [7, 11) is 0. The van der Waals surface area contributed by atoms with Crippen molar-refractivity contribution in [2.75, 3.05) is 0 Å². The average molecular weight is 272 g/mol. The van der Waals surface area contributed by atoms with Crippen molar-refractivity contribution in [3.8, 4) is 0 Å². The molecule has 82 valence electrons. The van der Waals surface area contributed by atoms with Gasteiger partial charge in [-0.3, -0.25) is 0 Å². The molecule has 0 amide bonds. The van der Waals surface area contributed by atoms with Gasteiger partial charge in [0.25, 0.3) is 0 Å². The summed E-state index contributed by atoms with van der Waals surface area (Å²) in [6.07, 6.45) is 1.48. The first kappa shape index (κ1) is 12.2. The molecule has 0 aromatic heterocycles. The predicted octanol–water partition coefficient (Wildman–Crippen LogP) is -0.226. The van der Waals surface area contributed by atoms with Crippen LogP contribution in [0, 0.1) is 0 Å². The third kappa shape index (κ3) is 4.47. The molecule has 0 aliphatic rings. The molecule has 0 bridgehead atoms. The fraction of sp³-hybridized carbons (Fsp3) is 0.300. The second-order valence-corrected chi connectivity index (χ2v) is 5.50. The first-order chi connectivity index (χ1) is 7.09. The van der Waals surface area contributed by atoms with Gasteiger partial charge in [-0.1, -0.05) is 0 Å². The minimum atomic E-state index is -2.75. The topological polar surface area (TPSA) is 77.8 Å². The number of benzene rings is 1. The summed E-state index contributed by atoms with van der Waals surface area (Å²) in [5.74, 6) is -0.787. The van der Waals surface area contributed by atoms with Crippen molar-refractivity contribution >= 4 is 25.7 Å². The molecule has 1 aromatic rings. The third-order valence-corrected chi connectivity index (χ3v) is 3.62. The number of hydrogen-bond acceptors (Lipinski definition) is 3. The quantitative estimate of drug-likeness (QED) is 0.647. The first-order valence-corrected chi connectivity index (χ1v) is 7.20. The molecule has 4 nitrogen and oxygen atoms in total. The van der Waals surface area contributed by atoms with Gasteiger partial charge in [-0.05, 0) is 0 Å². The van der Waals surface area contributed by atoms with Crippen molar-refractivity contribution in [2.24, 2.45) is 0 Å². The predicted molar refractivity (Wildman–Crippen MR) is 56.8 cm³/mol. The summed E-state index contributed by atoms with van der Waals surface area (Å²) >= 11 is -2.75. The Morgan fingerprint density at radius 2 is 1.80 bits per heavy atom. The molecule has 0 aliphatic carbocycles. The van der Waals surface area contributed by atoms with Crippen LogP contribution in [0.2, 0.25) is 0 Å². The summed E-state index contributed by atoms with van der Waals surface area (Å²) in [6, 6.07) is 7.00. The van der Waals surface area contributed by atoms with Crippen LogP contribution in [0.15, 0.2) is 24.3 Å². The second kappa shape index (κ2) is 5.91. The number of carboxylic acids is 1. The molecule has 15 heavy (non-hydrogen) atoms. The van der Waals surface area contributed by atoms with E-state index in [2.05, 4.69) is 0 Å². The van der Waals surface area contributed by atoms with Crippen LogP contribution in [-0.2, 0) is 11.2 Å². The normalized spacial score (nSPS) is 10.6. The van der Waals surface area contributed by atoms with Crippen LogP contribution in [0.5, 0.6) is 0 Å². The van der Waals surface area contributed by atoms with E-state index in [0.29, 0.717) is 17.2 Å². The van der Waals surface area contributed by atoms with Gasteiger partial charge in [-0.2, -0.15) is 0 Å². The van der Waals surface area contributed by atoms with E-state index < -0.39 is 21.3 Å². The van der Waals surface area contributed by atoms with Crippen LogP contribution >= 0.6 is 0 Å². The Hall–Kier alpha value is -0.832. The first-order valence-electron chi connectivity index (χ1n) is 4.58. The van der Waals surface area contributed by atoms with Crippen LogP contribution in [0.1, 0.15) is 18.4 Å². The van der Waals surface area contributed by atoms with E-state index in [1.54, 1.807) is 12.1 Å². The number of aliphatic carboxylic acids is 1. The summed E-state index contributed by atoms with van der Waals surface area (Å²) in [4.78, 5) is 10.3. The van der Waals surface area contributed by atoms with Crippen molar-refractivity contribution in [2.45, 2.75) is 19.3 Å². The number of aryl methyl sites for hydroxylation is 1. The Bertz CT molecular complexity index is 321. The van der Waals surface area contributed by atoms with E-state index in [9.17, 15) is 4.79 Å². The molecule has 0 atom stereocenters. The molecule has 0 saturated carbocycles. The minimum absolute atomic E-state index is 0.166. The third-order valence-electron chi connectivity index (χ3n) is 2.02. The standard InChI is InChI=1S/C10H13AsO4/c12-10(13)3-1-2-8-4-6-9(7-5-8)11(14)15/h4-7,14-15H,1-3H2,(H,12,13). The Labute approximate surface area is 93.1 Å². The van der Waals surface area contributed by atoms with Crippen molar-refractivity contribution < 1.29 is 18.1 Å². The van der Waals surface area contributed by atoms with Gasteiger partial charge in [0.05, 0.1) is 0 Å². The van der Waals surface area contributed by atoms with Crippen molar-refractivity contribution in [3.63, 3.8) is 0 Å². The summed E-state index contributed by atoms with van der Waals surface area (Å²) in [6.45, 7) is 0. The molecule has 5 heteroatoms. The van der Waals surface area contributed by atoms with Gasteiger partial charge in [-0.15, -0.1) is 0 Å². The Kier molecular flexibility index (Phi) is 4.82. The zero-order valence-corrected chi connectivity index (χ0v) is 10.0. The van der Waals surface area contributed by atoms with Crippen LogP contribution in [0.3, 0.4) is 0 Å². The molecular weight excluding hydrogens is 259 g/mol. The van der Waals surface area contributed by atoms with Crippen LogP contribution < -0.4 is 4.35 Å². The van der Waals surface area contributed by atoms with Gasteiger partial charge in [0.1, 0.15) is 0 Å². The Balaban J connectivity index is 2.46. The van der Waals surface area contributed by atoms with E-state index in [4.69, 9.17) is 13.3 Å². The molecule has 0 fully saturated rings. The molecule has 0 heterocycles. The number of hydrogen-bond donors (Lipinski definition) is 3. The zero-order chi connectivity index (χ0) is 11.3. The van der Waals surface area contributed by atoms with Crippen molar-refractivity contribution in [1.82, 2.24) is 0 Å². The van der Waals surface area contributed by atoms with Gasteiger partial charge in [0.2, 0.25) is 0 Å². The number of rotatable bonds is 5. The SMILES string of the molecule is O=C(O)CCCc1ccc([As](O)O)cc1. The van der Waals surface area contributed by atoms with Crippen LogP contribution in [0.4, 0.5) is 0 Å². The number of carboxylic acid groups (broad SMARTS) is 1. The fourth-order valence-electron chi connectivity index (χ4n) is 1.24. The Morgan fingerprint density at radius 1 is 1.20 bits per heavy atom. The molecule has 0 radical (unpaired) electrons. The van der Waals surface area contributed by atoms with Gasteiger partial charge in [0, 0.05) is 0 Å². The van der Waals surface area contributed by atoms with Crippen LogP contribution in [0.25, 0.3) is 0 Å². The molecule has 0 saturated heterocycles. The summed E-state index contributed by atoms with van der Waals surface area (Å²) in [5, 5.41) is 8.45. The van der Waals surface area contributed by atoms with E-state index in [1.807, 2.05) is 12.1 Å². The van der Waals surface area contributed by atoms with Gasteiger partial charge < -0.3 is 0 Å². The van der Waals surface area contributed by atoms with Gasteiger partial charge >= 0.3 is 92.8 Å². The summed E-state index contributed by atoms with van der Waals surface area (Å²) in [5.41, 5.74) is 1.02. The maximum atomic E-state index is 10.3. The van der Waals surface area contributed by atoms with E-state index in [-0.39, 0.29) is 6.42 Å². The van der Waals surface area contributed by atoms with Crippen LogP contribution in [-0.4, -0.2) is 34.6 Å². The van der Waals surface area contributed by atoms with Crippen molar-refractivity contribution in [1.29, 1.82) is 0 Å². The zero-order valence-electron chi connectivity index (χ0n) is 8.13. The molecular formula is C10H13AsO4. The van der Waals surface area contributed by atoms with Gasteiger partial charge in [0.15, 0.2) is 0 Å². The maximum absolute atomic E-state index is 10.3.